The van der Waals surface area contributed by atoms with E-state index in [1.807, 2.05) is 13.8 Å². The first-order valence-electron chi connectivity index (χ1n) is 7.73. The van der Waals surface area contributed by atoms with Crippen molar-refractivity contribution in [2.75, 3.05) is 13.1 Å². The van der Waals surface area contributed by atoms with Crippen LogP contribution in [0.4, 0.5) is 13.2 Å². The number of carboxylic acid groups (broad SMARTS) is 1. The maximum absolute atomic E-state index is 12.5. The molecule has 132 valence electrons. The van der Waals surface area contributed by atoms with Crippen molar-refractivity contribution in [2.24, 2.45) is 11.3 Å². The molecule has 1 saturated heterocycles. The summed E-state index contributed by atoms with van der Waals surface area (Å²) in [7, 11) is 0. The Bertz CT molecular complexity index is 625. The third-order valence-electron chi connectivity index (χ3n) is 4.82. The summed E-state index contributed by atoms with van der Waals surface area (Å²) in [4.78, 5) is 25.4. The molecule has 0 aromatic heterocycles. The van der Waals surface area contributed by atoms with Crippen molar-refractivity contribution in [3.63, 3.8) is 0 Å². The van der Waals surface area contributed by atoms with Crippen molar-refractivity contribution in [3.05, 3.63) is 35.4 Å². The molecule has 1 N–H and O–H groups in total. The molecule has 4 nitrogen and oxygen atoms in total. The van der Waals surface area contributed by atoms with Gasteiger partial charge in [-0.05, 0) is 30.0 Å². The summed E-state index contributed by atoms with van der Waals surface area (Å²) >= 11 is 0. The van der Waals surface area contributed by atoms with Gasteiger partial charge in [-0.3, -0.25) is 9.59 Å². The van der Waals surface area contributed by atoms with E-state index in [0.717, 1.165) is 12.1 Å². The Morgan fingerprint density at radius 1 is 1.25 bits per heavy atom. The van der Waals surface area contributed by atoms with Crippen LogP contribution in [0, 0.1) is 11.3 Å². The van der Waals surface area contributed by atoms with Gasteiger partial charge in [0.15, 0.2) is 0 Å². The third-order valence-corrected chi connectivity index (χ3v) is 4.82. The van der Waals surface area contributed by atoms with Crippen molar-refractivity contribution in [1.29, 1.82) is 0 Å². The zero-order chi connectivity index (χ0) is 18.1. The zero-order valence-electron chi connectivity index (χ0n) is 13.6. The number of carboxylic acids is 1. The Balaban J connectivity index is 2.05. The first-order chi connectivity index (χ1) is 11.1. The lowest BCUT2D eigenvalue weighted by molar-refractivity contribution is -0.151. The van der Waals surface area contributed by atoms with Gasteiger partial charge in [0.05, 0.1) is 17.4 Å². The van der Waals surface area contributed by atoms with Gasteiger partial charge in [0.2, 0.25) is 5.91 Å². The van der Waals surface area contributed by atoms with Crippen molar-refractivity contribution in [3.8, 4) is 0 Å². The maximum atomic E-state index is 12.5. The minimum absolute atomic E-state index is 0.0358. The van der Waals surface area contributed by atoms with E-state index >= 15 is 0 Å². The predicted molar refractivity (Wildman–Crippen MR) is 81.3 cm³/mol. The summed E-state index contributed by atoms with van der Waals surface area (Å²) in [5, 5.41) is 9.49. The summed E-state index contributed by atoms with van der Waals surface area (Å²) in [6, 6.07) is 4.46. The van der Waals surface area contributed by atoms with Gasteiger partial charge in [-0.25, -0.2) is 0 Å². The highest BCUT2D eigenvalue weighted by Gasteiger charge is 2.48. The van der Waals surface area contributed by atoms with Crippen molar-refractivity contribution in [1.82, 2.24) is 4.90 Å². The average Bonchev–Trinajstić information content (AvgIpc) is 2.93. The lowest BCUT2D eigenvalue weighted by atomic mass is 9.76. The molecule has 1 atom stereocenters. The van der Waals surface area contributed by atoms with Gasteiger partial charge in [-0.1, -0.05) is 26.0 Å². The number of hydrogen-bond donors (Lipinski definition) is 1. The number of nitrogens with zero attached hydrogens (tertiary/aromatic N) is 1. The first-order valence-corrected chi connectivity index (χ1v) is 7.73. The van der Waals surface area contributed by atoms with Crippen LogP contribution in [0.2, 0.25) is 0 Å². The van der Waals surface area contributed by atoms with Crippen LogP contribution in [0.15, 0.2) is 24.3 Å². The van der Waals surface area contributed by atoms with E-state index in [1.54, 1.807) is 0 Å². The quantitative estimate of drug-likeness (QED) is 0.913. The van der Waals surface area contributed by atoms with Crippen molar-refractivity contribution < 1.29 is 27.9 Å². The van der Waals surface area contributed by atoms with Gasteiger partial charge < -0.3 is 10.0 Å². The van der Waals surface area contributed by atoms with Crippen LogP contribution in [0.25, 0.3) is 0 Å². The van der Waals surface area contributed by atoms with Gasteiger partial charge >= 0.3 is 12.1 Å². The number of amides is 1. The Hall–Kier alpha value is -2.05. The molecule has 1 aliphatic heterocycles. The smallest absolute Gasteiger partial charge is 0.416 e. The molecule has 0 radical (unpaired) electrons. The standard InChI is InChI=1S/C17H20F3NO3/c1-11(2)16(15(23)24)7-8-21(10-16)14(22)9-12-3-5-13(6-4-12)17(18,19)20/h3-6,11H,7-10H2,1-2H3,(H,23,24). The second-order valence-electron chi connectivity index (χ2n) is 6.55. The van der Waals surface area contributed by atoms with E-state index in [0.29, 0.717) is 18.5 Å². The summed E-state index contributed by atoms with van der Waals surface area (Å²) < 4.78 is 37.6. The lowest BCUT2D eigenvalue weighted by Crippen LogP contribution is -2.41. The van der Waals surface area contributed by atoms with Gasteiger partial charge in [0, 0.05) is 13.1 Å². The van der Waals surface area contributed by atoms with Gasteiger partial charge in [0.1, 0.15) is 0 Å². The van der Waals surface area contributed by atoms with Crippen LogP contribution in [0.3, 0.4) is 0 Å². The van der Waals surface area contributed by atoms with Crippen LogP contribution in [-0.4, -0.2) is 35.0 Å². The number of carbonyl (C=O) groups excluding carboxylic acids is 1. The van der Waals surface area contributed by atoms with E-state index in [4.69, 9.17) is 0 Å². The lowest BCUT2D eigenvalue weighted by Gasteiger charge is -2.28. The Morgan fingerprint density at radius 3 is 2.25 bits per heavy atom. The van der Waals surface area contributed by atoms with E-state index in [-0.39, 0.29) is 24.8 Å². The van der Waals surface area contributed by atoms with Crippen molar-refractivity contribution in [2.45, 2.75) is 32.9 Å². The Kier molecular flexibility index (Phi) is 4.92. The molecule has 1 unspecified atom stereocenters. The van der Waals surface area contributed by atoms with Crippen LogP contribution in [0.1, 0.15) is 31.4 Å². The summed E-state index contributed by atoms with van der Waals surface area (Å²) in [6.45, 7) is 4.12. The van der Waals surface area contributed by atoms with Crippen LogP contribution < -0.4 is 0 Å². The monoisotopic (exact) mass is 343 g/mol. The third kappa shape index (κ3) is 3.55. The second kappa shape index (κ2) is 6.45. The minimum atomic E-state index is -4.41. The van der Waals surface area contributed by atoms with Crippen LogP contribution in [0.5, 0.6) is 0 Å². The molecule has 1 heterocycles. The molecule has 1 aromatic carbocycles. The number of halogens is 3. The maximum Gasteiger partial charge on any atom is 0.416 e. The number of rotatable bonds is 4. The average molecular weight is 343 g/mol. The van der Waals surface area contributed by atoms with E-state index in [9.17, 15) is 27.9 Å². The zero-order valence-corrected chi connectivity index (χ0v) is 13.6. The summed E-state index contributed by atoms with van der Waals surface area (Å²) in [6.07, 6.45) is -4.06. The number of alkyl halides is 3. The van der Waals surface area contributed by atoms with Gasteiger partial charge in [0.25, 0.3) is 0 Å². The molecule has 0 bridgehead atoms. The summed E-state index contributed by atoms with van der Waals surface area (Å²) in [5.74, 6) is -1.29. The fourth-order valence-corrected chi connectivity index (χ4v) is 3.04. The Morgan fingerprint density at radius 2 is 1.83 bits per heavy atom. The number of hydrogen-bond acceptors (Lipinski definition) is 2. The molecular weight excluding hydrogens is 323 g/mol. The van der Waals surface area contributed by atoms with Crippen LogP contribution >= 0.6 is 0 Å². The SMILES string of the molecule is CC(C)C1(C(=O)O)CCN(C(=O)Cc2ccc(C(F)(F)F)cc2)C1. The number of benzene rings is 1. The number of aliphatic carboxylic acids is 1. The Labute approximate surface area is 138 Å². The fourth-order valence-electron chi connectivity index (χ4n) is 3.04. The molecule has 1 amide bonds. The minimum Gasteiger partial charge on any atom is -0.481 e. The number of carbonyl (C=O) groups is 2. The first kappa shape index (κ1) is 18.3. The second-order valence-corrected chi connectivity index (χ2v) is 6.55. The molecule has 1 aliphatic rings. The van der Waals surface area contributed by atoms with E-state index < -0.39 is 23.1 Å². The highest BCUT2D eigenvalue weighted by atomic mass is 19.4. The molecule has 0 aliphatic carbocycles. The van der Waals surface area contributed by atoms with E-state index in [2.05, 4.69) is 0 Å². The topological polar surface area (TPSA) is 57.6 Å². The molecule has 0 saturated carbocycles. The molecule has 2 rings (SSSR count). The molecule has 1 aromatic rings. The predicted octanol–water partition coefficient (Wildman–Crippen LogP) is 3.21. The highest BCUT2D eigenvalue weighted by Crippen LogP contribution is 2.38. The summed E-state index contributed by atoms with van der Waals surface area (Å²) in [5.41, 5.74) is -1.23. The fraction of sp³-hybridized carbons (Fsp3) is 0.529. The van der Waals surface area contributed by atoms with Crippen LogP contribution in [-0.2, 0) is 22.2 Å². The molecule has 1 fully saturated rings. The number of likely N-dealkylation sites (tertiary alicyclic amines) is 1. The largest absolute Gasteiger partial charge is 0.481 e. The normalized spacial score (nSPS) is 21.3. The van der Waals surface area contributed by atoms with Gasteiger partial charge in [-0.15, -0.1) is 0 Å². The molecule has 24 heavy (non-hydrogen) atoms. The molecular formula is C17H20F3NO3. The van der Waals surface area contributed by atoms with E-state index in [1.165, 1.54) is 17.0 Å². The van der Waals surface area contributed by atoms with Crippen molar-refractivity contribution >= 4 is 11.9 Å². The van der Waals surface area contributed by atoms with Gasteiger partial charge in [-0.2, -0.15) is 13.2 Å². The molecule has 0 spiro atoms. The highest BCUT2D eigenvalue weighted by molar-refractivity contribution is 5.82. The molecule has 7 heteroatoms.